The largest absolute Gasteiger partial charge is 0.478 e. The molecule has 30 heavy (non-hydrogen) atoms. The summed E-state index contributed by atoms with van der Waals surface area (Å²) < 4.78 is 5.18. The monoisotopic (exact) mass is 409 g/mol. The maximum atomic E-state index is 11.7. The van der Waals surface area contributed by atoms with Crippen LogP contribution in [0.3, 0.4) is 0 Å². The number of hydrogen-bond donors (Lipinski definition) is 3. The van der Waals surface area contributed by atoms with Gasteiger partial charge in [-0.25, -0.2) is 24.5 Å². The van der Waals surface area contributed by atoms with E-state index in [-0.39, 0.29) is 24.4 Å². The molecule has 9 nitrogen and oxygen atoms in total. The first-order valence-corrected chi connectivity index (χ1v) is 9.30. The Labute approximate surface area is 173 Å². The summed E-state index contributed by atoms with van der Waals surface area (Å²) >= 11 is 0. The van der Waals surface area contributed by atoms with Crippen LogP contribution in [-0.4, -0.2) is 38.6 Å². The van der Waals surface area contributed by atoms with Crippen LogP contribution in [0.15, 0.2) is 41.2 Å². The molecule has 0 atom stereocenters. The number of aliphatic carboxylic acids is 1. The number of ether oxygens (including phenoxy) is 1. The van der Waals surface area contributed by atoms with Crippen LogP contribution in [0.2, 0.25) is 0 Å². The molecule has 0 bridgehead atoms. The van der Waals surface area contributed by atoms with E-state index in [1.807, 2.05) is 6.07 Å². The van der Waals surface area contributed by atoms with Crippen molar-refractivity contribution in [2.75, 3.05) is 0 Å². The molecule has 0 radical (unpaired) electrons. The molecule has 4 N–H and O–H groups in total. The third-order valence-electron chi connectivity index (χ3n) is 4.10. The molecule has 0 aliphatic carbocycles. The highest BCUT2D eigenvalue weighted by molar-refractivity contribution is 6.02. The first-order valence-electron chi connectivity index (χ1n) is 9.30. The topological polar surface area (TPSA) is 140 Å². The second kappa shape index (κ2) is 8.32. The molecule has 0 spiro atoms. The number of hydrogen-bond acceptors (Lipinski definition) is 7. The summed E-state index contributed by atoms with van der Waals surface area (Å²) in [5, 5.41) is 11.9. The third kappa shape index (κ3) is 5.40. The molecule has 1 aromatic heterocycles. The van der Waals surface area contributed by atoms with Crippen LogP contribution in [-0.2, 0) is 16.1 Å². The summed E-state index contributed by atoms with van der Waals surface area (Å²) in [7, 11) is 0. The number of carbonyl (C=O) groups excluding carboxylic acids is 1. The number of nitrogens with two attached hydrogens (primary N) is 1. The van der Waals surface area contributed by atoms with E-state index in [4.69, 9.17) is 10.5 Å². The third-order valence-corrected chi connectivity index (χ3v) is 4.10. The van der Waals surface area contributed by atoms with Crippen LogP contribution in [0, 0.1) is 0 Å². The van der Waals surface area contributed by atoms with E-state index in [9.17, 15) is 14.7 Å². The Morgan fingerprint density at radius 2 is 1.90 bits per heavy atom. The van der Waals surface area contributed by atoms with Gasteiger partial charge in [-0.15, -0.1) is 0 Å². The molecule has 0 saturated carbocycles. The zero-order valence-corrected chi connectivity index (χ0v) is 17.0. The van der Waals surface area contributed by atoms with Crippen LogP contribution in [0.5, 0.6) is 0 Å². The van der Waals surface area contributed by atoms with E-state index in [0.29, 0.717) is 17.1 Å². The second-order valence-electron chi connectivity index (χ2n) is 7.77. The number of nitrogens with zero attached hydrogens (tertiary/aromatic N) is 3. The van der Waals surface area contributed by atoms with Gasteiger partial charge >= 0.3 is 12.1 Å². The molecule has 2 aromatic rings. The zero-order valence-electron chi connectivity index (χ0n) is 17.0. The Bertz CT molecular complexity index is 1040. The van der Waals surface area contributed by atoms with Gasteiger partial charge in [-0.2, -0.15) is 0 Å². The van der Waals surface area contributed by atoms with Crippen molar-refractivity contribution in [2.45, 2.75) is 39.3 Å². The summed E-state index contributed by atoms with van der Waals surface area (Å²) in [6.45, 7) is 5.50. The van der Waals surface area contributed by atoms with Gasteiger partial charge in [-0.3, -0.25) is 0 Å². The minimum absolute atomic E-state index is 0.0851. The molecular weight excluding hydrogens is 386 g/mol. The minimum atomic E-state index is -1.02. The van der Waals surface area contributed by atoms with Crippen molar-refractivity contribution in [3.05, 3.63) is 47.6 Å². The predicted octanol–water partition coefficient (Wildman–Crippen LogP) is 3.03. The van der Waals surface area contributed by atoms with E-state index in [1.54, 1.807) is 51.4 Å². The van der Waals surface area contributed by atoms with Crippen molar-refractivity contribution in [1.29, 1.82) is 0 Å². The van der Waals surface area contributed by atoms with Gasteiger partial charge in [-0.05, 0) is 38.5 Å². The van der Waals surface area contributed by atoms with Crippen LogP contribution in [0.4, 0.5) is 10.5 Å². The Balaban J connectivity index is 1.75. The SMILES string of the molecule is CC(C)(C)OC(=O)NCc1ncc(-c2ccc3c(c2)N=C(N)CC(C(=O)O)=C3)cn1. The number of nitrogens with one attached hydrogen (secondary N) is 1. The molecule has 0 fully saturated rings. The number of rotatable bonds is 4. The van der Waals surface area contributed by atoms with Gasteiger partial charge in [0, 0.05) is 35.5 Å². The normalized spacial score (nSPS) is 13.4. The number of aromatic nitrogens is 2. The number of carboxylic acids is 1. The lowest BCUT2D eigenvalue weighted by Gasteiger charge is -2.19. The van der Waals surface area contributed by atoms with Gasteiger partial charge in [-0.1, -0.05) is 12.1 Å². The first kappa shape index (κ1) is 21.0. The quantitative estimate of drug-likeness (QED) is 0.705. The van der Waals surface area contributed by atoms with Gasteiger partial charge in [0.1, 0.15) is 17.3 Å². The maximum Gasteiger partial charge on any atom is 0.408 e. The molecule has 1 amide bonds. The fraction of sp³-hybridized carbons (Fsp3) is 0.286. The van der Waals surface area contributed by atoms with Crippen LogP contribution in [0.1, 0.15) is 38.6 Å². The molecule has 0 saturated heterocycles. The molecule has 156 valence electrons. The lowest BCUT2D eigenvalue weighted by atomic mass is 10.0. The summed E-state index contributed by atoms with van der Waals surface area (Å²) in [5.41, 5.74) is 8.29. The number of alkyl carbamates (subject to hydrolysis) is 1. The van der Waals surface area contributed by atoms with Crippen molar-refractivity contribution < 1.29 is 19.4 Å². The Morgan fingerprint density at radius 3 is 2.53 bits per heavy atom. The van der Waals surface area contributed by atoms with Crippen molar-refractivity contribution in [3.63, 3.8) is 0 Å². The number of carboxylic acid groups (broad SMARTS) is 1. The molecule has 1 aliphatic rings. The zero-order chi connectivity index (χ0) is 21.9. The number of carbonyl (C=O) groups is 2. The standard InChI is InChI=1S/C21H23N5O4/c1-21(2,3)30-20(29)25-11-18-23-9-15(10-24-18)12-4-5-13-6-14(19(27)28)8-17(22)26-16(13)7-12/h4-7,9-10H,8,11H2,1-3H3,(H2,22,26)(H,25,29)(H,27,28). The number of benzene rings is 1. The van der Waals surface area contributed by atoms with Crippen molar-refractivity contribution in [1.82, 2.24) is 15.3 Å². The van der Waals surface area contributed by atoms with Crippen LogP contribution in [0.25, 0.3) is 17.2 Å². The average molecular weight is 409 g/mol. The van der Waals surface area contributed by atoms with Crippen molar-refractivity contribution >= 4 is 29.7 Å². The lowest BCUT2D eigenvalue weighted by molar-refractivity contribution is -0.132. The van der Waals surface area contributed by atoms with E-state index in [0.717, 1.165) is 11.1 Å². The van der Waals surface area contributed by atoms with Gasteiger partial charge in [0.2, 0.25) is 0 Å². The summed E-state index contributed by atoms with van der Waals surface area (Å²) in [6.07, 6.45) is 4.41. The average Bonchev–Trinajstić information content (AvgIpc) is 2.83. The minimum Gasteiger partial charge on any atom is -0.478 e. The Morgan fingerprint density at radius 1 is 1.20 bits per heavy atom. The molecule has 1 aromatic carbocycles. The van der Waals surface area contributed by atoms with E-state index in [1.165, 1.54) is 0 Å². The summed E-state index contributed by atoms with van der Waals surface area (Å²) in [4.78, 5) is 35.9. The number of fused-ring (bicyclic) bond motifs is 1. The van der Waals surface area contributed by atoms with Crippen molar-refractivity contribution in [2.24, 2.45) is 10.7 Å². The smallest absolute Gasteiger partial charge is 0.408 e. The van der Waals surface area contributed by atoms with Gasteiger partial charge in [0.15, 0.2) is 0 Å². The van der Waals surface area contributed by atoms with Gasteiger partial charge in [0.05, 0.1) is 12.2 Å². The van der Waals surface area contributed by atoms with Crippen LogP contribution >= 0.6 is 0 Å². The highest BCUT2D eigenvalue weighted by Gasteiger charge is 2.17. The molecule has 2 heterocycles. The van der Waals surface area contributed by atoms with Crippen molar-refractivity contribution in [3.8, 4) is 11.1 Å². The van der Waals surface area contributed by atoms with E-state index >= 15 is 0 Å². The maximum absolute atomic E-state index is 11.7. The molecular formula is C21H23N5O4. The fourth-order valence-corrected chi connectivity index (χ4v) is 2.77. The molecule has 0 unspecified atom stereocenters. The summed E-state index contributed by atoms with van der Waals surface area (Å²) in [5.74, 6) is -0.343. The first-order chi connectivity index (χ1) is 14.1. The predicted molar refractivity (Wildman–Crippen MR) is 112 cm³/mol. The highest BCUT2D eigenvalue weighted by atomic mass is 16.6. The van der Waals surface area contributed by atoms with E-state index < -0.39 is 17.7 Å². The summed E-state index contributed by atoms with van der Waals surface area (Å²) in [6, 6.07) is 5.43. The number of amidine groups is 1. The Hall–Kier alpha value is -3.75. The second-order valence-corrected chi connectivity index (χ2v) is 7.77. The lowest BCUT2D eigenvalue weighted by Crippen LogP contribution is -2.32. The van der Waals surface area contributed by atoms with E-state index in [2.05, 4.69) is 20.3 Å². The number of amides is 1. The highest BCUT2D eigenvalue weighted by Crippen LogP contribution is 2.31. The van der Waals surface area contributed by atoms with Gasteiger partial charge in [0.25, 0.3) is 0 Å². The van der Waals surface area contributed by atoms with Gasteiger partial charge < -0.3 is 20.9 Å². The van der Waals surface area contributed by atoms with Crippen LogP contribution < -0.4 is 11.1 Å². The fourth-order valence-electron chi connectivity index (χ4n) is 2.77. The Kier molecular flexibility index (Phi) is 5.81. The molecule has 9 heteroatoms. The number of aliphatic imine (C=N–C) groups is 1. The molecule has 3 rings (SSSR count). The molecule has 1 aliphatic heterocycles.